The molecule has 0 bridgehead atoms. The molecule has 1 atom stereocenters. The van der Waals surface area contributed by atoms with E-state index in [4.69, 9.17) is 0 Å². The summed E-state index contributed by atoms with van der Waals surface area (Å²) in [6.45, 7) is 16.3. The lowest BCUT2D eigenvalue weighted by molar-refractivity contribution is 0.136. The Labute approximate surface area is 190 Å². The van der Waals surface area contributed by atoms with Crippen LogP contribution in [0.2, 0.25) is 0 Å². The molecule has 6 nitrogen and oxygen atoms in total. The molecule has 2 aliphatic rings. The van der Waals surface area contributed by atoms with Gasteiger partial charge in [0.25, 0.3) is 0 Å². The number of guanidine groups is 1. The third-order valence-corrected chi connectivity index (χ3v) is 6.24. The van der Waals surface area contributed by atoms with Gasteiger partial charge in [0.15, 0.2) is 5.96 Å². The molecule has 0 radical (unpaired) electrons. The standard InChI is InChI=1S/C21H44N6.HI/c1-4-20-10-6-8-14-27(20)15-12-24-21(22-3)23-11-7-9-13-26-18-16-25(5-2)17-19-26;/h20H,4-19H2,1-3H3,(H2,22,23,24);1H. The number of aliphatic imine (C=N–C) groups is 1. The van der Waals surface area contributed by atoms with Gasteiger partial charge in [-0.1, -0.05) is 20.3 Å². The van der Waals surface area contributed by atoms with Gasteiger partial charge in [-0.25, -0.2) is 0 Å². The Balaban J connectivity index is 0.00000392. The molecule has 7 heteroatoms. The average Bonchev–Trinajstić information content (AvgIpc) is 2.73. The van der Waals surface area contributed by atoms with Crippen molar-refractivity contribution in [1.82, 2.24) is 25.3 Å². The number of nitrogens with one attached hydrogen (secondary N) is 2. The molecule has 2 rings (SSSR count). The molecular formula is C21H45IN6. The number of piperidine rings is 1. The van der Waals surface area contributed by atoms with E-state index < -0.39 is 0 Å². The van der Waals surface area contributed by atoms with Gasteiger partial charge in [0.2, 0.25) is 0 Å². The number of nitrogens with zero attached hydrogens (tertiary/aromatic N) is 4. The van der Waals surface area contributed by atoms with E-state index in [2.05, 4.69) is 44.2 Å². The van der Waals surface area contributed by atoms with E-state index in [0.29, 0.717) is 0 Å². The van der Waals surface area contributed by atoms with Gasteiger partial charge in [0, 0.05) is 58.9 Å². The monoisotopic (exact) mass is 508 g/mol. The summed E-state index contributed by atoms with van der Waals surface area (Å²) >= 11 is 0. The van der Waals surface area contributed by atoms with Crippen molar-refractivity contribution < 1.29 is 0 Å². The molecule has 0 aromatic rings. The predicted octanol–water partition coefficient (Wildman–Crippen LogP) is 2.45. The largest absolute Gasteiger partial charge is 0.356 e. The Bertz CT molecular complexity index is 412. The van der Waals surface area contributed by atoms with Crippen LogP contribution in [0.1, 0.15) is 52.4 Å². The molecule has 2 heterocycles. The van der Waals surface area contributed by atoms with Crippen LogP contribution in [-0.2, 0) is 0 Å². The highest BCUT2D eigenvalue weighted by Crippen LogP contribution is 2.18. The molecule has 2 fully saturated rings. The Hall–Kier alpha value is -0.120. The average molecular weight is 509 g/mol. The van der Waals surface area contributed by atoms with E-state index in [-0.39, 0.29) is 24.0 Å². The summed E-state index contributed by atoms with van der Waals surface area (Å²) in [4.78, 5) is 12.2. The van der Waals surface area contributed by atoms with Crippen LogP contribution in [0.5, 0.6) is 0 Å². The first-order valence-corrected chi connectivity index (χ1v) is 11.4. The van der Waals surface area contributed by atoms with Crippen molar-refractivity contribution in [2.45, 2.75) is 58.4 Å². The zero-order chi connectivity index (χ0) is 19.3. The van der Waals surface area contributed by atoms with Gasteiger partial charge in [-0.05, 0) is 51.7 Å². The van der Waals surface area contributed by atoms with Gasteiger partial charge >= 0.3 is 0 Å². The summed E-state index contributed by atoms with van der Waals surface area (Å²) in [6, 6.07) is 0.787. The van der Waals surface area contributed by atoms with Crippen molar-refractivity contribution in [2.24, 2.45) is 4.99 Å². The van der Waals surface area contributed by atoms with E-state index in [1.54, 1.807) is 0 Å². The van der Waals surface area contributed by atoms with E-state index in [1.807, 2.05) is 7.05 Å². The molecule has 0 spiro atoms. The second kappa shape index (κ2) is 15.7. The summed E-state index contributed by atoms with van der Waals surface area (Å²) in [5.41, 5.74) is 0. The first-order valence-electron chi connectivity index (χ1n) is 11.4. The van der Waals surface area contributed by atoms with Crippen LogP contribution >= 0.6 is 24.0 Å². The molecule has 28 heavy (non-hydrogen) atoms. The van der Waals surface area contributed by atoms with Gasteiger partial charge in [0.05, 0.1) is 0 Å². The molecule has 0 saturated carbocycles. The van der Waals surface area contributed by atoms with Crippen LogP contribution in [0.25, 0.3) is 0 Å². The Morgan fingerprint density at radius 1 is 0.893 bits per heavy atom. The second-order valence-electron chi connectivity index (χ2n) is 8.00. The lowest BCUT2D eigenvalue weighted by atomic mass is 10.0. The zero-order valence-electron chi connectivity index (χ0n) is 18.6. The molecule has 0 aliphatic carbocycles. The van der Waals surface area contributed by atoms with Crippen molar-refractivity contribution in [3.8, 4) is 0 Å². The summed E-state index contributed by atoms with van der Waals surface area (Å²) in [6.07, 6.45) is 7.88. The number of halogens is 1. The molecule has 2 N–H and O–H groups in total. The molecular weight excluding hydrogens is 463 g/mol. The van der Waals surface area contributed by atoms with Gasteiger partial charge in [-0.2, -0.15) is 0 Å². The maximum atomic E-state index is 4.38. The van der Waals surface area contributed by atoms with Crippen LogP contribution in [0.4, 0.5) is 0 Å². The minimum absolute atomic E-state index is 0. The van der Waals surface area contributed by atoms with Crippen LogP contribution in [0.15, 0.2) is 4.99 Å². The quantitative estimate of drug-likeness (QED) is 0.206. The summed E-state index contributed by atoms with van der Waals surface area (Å²) in [5, 5.41) is 6.97. The van der Waals surface area contributed by atoms with Crippen molar-refractivity contribution in [2.75, 3.05) is 72.5 Å². The highest BCUT2D eigenvalue weighted by atomic mass is 127. The van der Waals surface area contributed by atoms with Crippen molar-refractivity contribution in [3.05, 3.63) is 0 Å². The number of hydrogen-bond donors (Lipinski definition) is 2. The lowest BCUT2D eigenvalue weighted by Crippen LogP contribution is -2.46. The summed E-state index contributed by atoms with van der Waals surface area (Å²) < 4.78 is 0. The molecule has 0 aromatic carbocycles. The first-order chi connectivity index (χ1) is 13.3. The number of hydrogen-bond acceptors (Lipinski definition) is 4. The first kappa shape index (κ1) is 25.9. The van der Waals surface area contributed by atoms with E-state index in [0.717, 1.165) is 31.6 Å². The fourth-order valence-corrected chi connectivity index (χ4v) is 4.35. The number of unbranched alkanes of at least 4 members (excludes halogenated alkanes) is 1. The molecule has 166 valence electrons. The molecule has 0 aromatic heterocycles. The van der Waals surface area contributed by atoms with Gasteiger partial charge < -0.3 is 20.4 Å². The minimum Gasteiger partial charge on any atom is -0.356 e. The van der Waals surface area contributed by atoms with Crippen molar-refractivity contribution >= 4 is 29.9 Å². The van der Waals surface area contributed by atoms with Gasteiger partial charge in [-0.3, -0.25) is 9.89 Å². The van der Waals surface area contributed by atoms with Crippen molar-refractivity contribution in [1.29, 1.82) is 0 Å². The minimum atomic E-state index is 0. The second-order valence-corrected chi connectivity index (χ2v) is 8.00. The van der Waals surface area contributed by atoms with Crippen molar-refractivity contribution in [3.63, 3.8) is 0 Å². The molecule has 2 saturated heterocycles. The number of likely N-dealkylation sites (N-methyl/N-ethyl adjacent to an activating group) is 1. The highest BCUT2D eigenvalue weighted by Gasteiger charge is 2.20. The Morgan fingerprint density at radius 2 is 1.61 bits per heavy atom. The Kier molecular flexibility index (Phi) is 14.5. The fraction of sp³-hybridized carbons (Fsp3) is 0.952. The smallest absolute Gasteiger partial charge is 0.191 e. The maximum Gasteiger partial charge on any atom is 0.191 e. The normalized spacial score (nSPS) is 22.7. The highest BCUT2D eigenvalue weighted by molar-refractivity contribution is 14.0. The third-order valence-electron chi connectivity index (χ3n) is 6.24. The fourth-order valence-electron chi connectivity index (χ4n) is 4.35. The van der Waals surface area contributed by atoms with Crippen LogP contribution in [-0.4, -0.2) is 99.2 Å². The van der Waals surface area contributed by atoms with Crippen LogP contribution in [0.3, 0.4) is 0 Å². The van der Waals surface area contributed by atoms with Gasteiger partial charge in [0.1, 0.15) is 0 Å². The third kappa shape index (κ3) is 9.59. The Morgan fingerprint density at radius 3 is 2.29 bits per heavy atom. The van der Waals surface area contributed by atoms with Crippen LogP contribution < -0.4 is 10.6 Å². The maximum absolute atomic E-state index is 4.38. The molecule has 2 aliphatic heterocycles. The zero-order valence-corrected chi connectivity index (χ0v) is 20.9. The molecule has 0 amide bonds. The summed E-state index contributed by atoms with van der Waals surface area (Å²) in [5.74, 6) is 0.955. The predicted molar refractivity (Wildman–Crippen MR) is 132 cm³/mol. The van der Waals surface area contributed by atoms with E-state index in [9.17, 15) is 0 Å². The lowest BCUT2D eigenvalue weighted by Gasteiger charge is -2.35. The molecule has 1 unspecified atom stereocenters. The summed E-state index contributed by atoms with van der Waals surface area (Å²) in [7, 11) is 1.87. The number of piperazine rings is 1. The number of likely N-dealkylation sites (tertiary alicyclic amines) is 1. The topological polar surface area (TPSA) is 46.1 Å². The SMILES string of the molecule is CCC1CCCCN1CCNC(=NC)NCCCCN1CCN(CC)CC1.I. The van der Waals surface area contributed by atoms with E-state index in [1.165, 1.54) is 84.3 Å². The number of rotatable bonds is 10. The van der Waals surface area contributed by atoms with E-state index >= 15 is 0 Å². The van der Waals surface area contributed by atoms with Crippen LogP contribution in [0, 0.1) is 0 Å². The van der Waals surface area contributed by atoms with Gasteiger partial charge in [-0.15, -0.1) is 24.0 Å².